The number of para-hydroxylation sites is 1. The van der Waals surface area contributed by atoms with E-state index in [1.54, 1.807) is 13.8 Å². The first-order valence-corrected chi connectivity index (χ1v) is 7.03. The molecule has 2 atom stereocenters. The number of carbonyl (C=O) groups excluding carboxylic acids is 1. The molecule has 1 aliphatic rings. The summed E-state index contributed by atoms with van der Waals surface area (Å²) in [7, 11) is 0. The van der Waals surface area contributed by atoms with Crippen molar-refractivity contribution in [3.05, 3.63) is 47.2 Å². The van der Waals surface area contributed by atoms with Crippen LogP contribution in [0.1, 0.15) is 40.5 Å². The first-order valence-electron chi connectivity index (χ1n) is 7.03. The Kier molecular flexibility index (Phi) is 3.41. The first kappa shape index (κ1) is 13.7. The zero-order chi connectivity index (χ0) is 15.0. The largest absolute Gasteiger partial charge is 0.493 e. The summed E-state index contributed by atoms with van der Waals surface area (Å²) in [6.45, 7) is 6.06. The molecule has 2 aromatic rings. The van der Waals surface area contributed by atoms with Gasteiger partial charge >= 0.3 is 0 Å². The lowest BCUT2D eigenvalue weighted by molar-refractivity contribution is 0.0902. The van der Waals surface area contributed by atoms with E-state index in [1.165, 1.54) is 0 Å². The van der Waals surface area contributed by atoms with Crippen LogP contribution in [0.4, 0.5) is 0 Å². The molecule has 0 fully saturated rings. The topological polar surface area (TPSA) is 64.4 Å². The fraction of sp³-hybridized carbons (Fsp3) is 0.375. The SMILES string of the molecule is Cc1nc(C)c(C(=O)N[C@H](C)[C@H]2COc3ccccc32)o1. The molecule has 0 aliphatic carbocycles. The fourth-order valence-electron chi connectivity index (χ4n) is 2.72. The van der Waals surface area contributed by atoms with Crippen molar-refractivity contribution in [2.45, 2.75) is 32.7 Å². The van der Waals surface area contributed by atoms with Crippen molar-refractivity contribution in [2.75, 3.05) is 6.61 Å². The molecule has 5 heteroatoms. The molecule has 1 aliphatic heterocycles. The minimum absolute atomic E-state index is 0.0500. The molecule has 110 valence electrons. The van der Waals surface area contributed by atoms with Gasteiger partial charge in [-0.2, -0.15) is 0 Å². The highest BCUT2D eigenvalue weighted by Gasteiger charge is 2.30. The molecular formula is C16H18N2O3. The maximum Gasteiger partial charge on any atom is 0.289 e. The van der Waals surface area contributed by atoms with Gasteiger partial charge in [-0.25, -0.2) is 4.98 Å². The monoisotopic (exact) mass is 286 g/mol. The number of benzene rings is 1. The van der Waals surface area contributed by atoms with Crippen LogP contribution in [0.25, 0.3) is 0 Å². The van der Waals surface area contributed by atoms with E-state index in [2.05, 4.69) is 10.3 Å². The standard InChI is InChI=1S/C16H18N2O3/c1-9(13-8-20-14-7-5-4-6-12(13)14)18-16(19)15-10(2)17-11(3)21-15/h4-7,9,13H,8H2,1-3H3,(H,18,19)/t9-,13-/m1/s1. The summed E-state index contributed by atoms with van der Waals surface area (Å²) in [6.07, 6.45) is 0. The van der Waals surface area contributed by atoms with Crippen LogP contribution < -0.4 is 10.1 Å². The molecule has 21 heavy (non-hydrogen) atoms. The average molecular weight is 286 g/mol. The van der Waals surface area contributed by atoms with E-state index in [-0.39, 0.29) is 23.6 Å². The van der Waals surface area contributed by atoms with Crippen LogP contribution in [0.2, 0.25) is 0 Å². The molecular weight excluding hydrogens is 268 g/mol. The first-order chi connectivity index (χ1) is 10.1. The summed E-state index contributed by atoms with van der Waals surface area (Å²) >= 11 is 0. The molecule has 0 unspecified atom stereocenters. The fourth-order valence-corrected chi connectivity index (χ4v) is 2.72. The zero-order valence-electron chi connectivity index (χ0n) is 12.3. The molecule has 1 amide bonds. The Morgan fingerprint density at radius 3 is 2.86 bits per heavy atom. The summed E-state index contributed by atoms with van der Waals surface area (Å²) in [5.41, 5.74) is 1.75. The average Bonchev–Trinajstić information content (AvgIpc) is 3.01. The number of fused-ring (bicyclic) bond motifs is 1. The minimum Gasteiger partial charge on any atom is -0.493 e. The Hall–Kier alpha value is -2.30. The van der Waals surface area contributed by atoms with Gasteiger partial charge < -0.3 is 14.5 Å². The van der Waals surface area contributed by atoms with Crippen LogP contribution in [0, 0.1) is 13.8 Å². The Labute approximate surface area is 123 Å². The second-order valence-corrected chi connectivity index (χ2v) is 5.36. The van der Waals surface area contributed by atoms with Crippen LogP contribution in [0.5, 0.6) is 5.75 Å². The lowest BCUT2D eigenvalue weighted by Crippen LogP contribution is -2.37. The number of oxazole rings is 1. The third-order valence-corrected chi connectivity index (χ3v) is 3.81. The maximum absolute atomic E-state index is 12.3. The molecule has 1 aromatic carbocycles. The third-order valence-electron chi connectivity index (χ3n) is 3.81. The van der Waals surface area contributed by atoms with Gasteiger partial charge in [0, 0.05) is 24.4 Å². The number of hydrogen-bond acceptors (Lipinski definition) is 4. The van der Waals surface area contributed by atoms with Gasteiger partial charge in [-0.05, 0) is 19.9 Å². The summed E-state index contributed by atoms with van der Waals surface area (Å²) in [5.74, 6) is 1.60. The van der Waals surface area contributed by atoms with Crippen LogP contribution in [-0.4, -0.2) is 23.5 Å². The van der Waals surface area contributed by atoms with E-state index in [0.29, 0.717) is 18.2 Å². The summed E-state index contributed by atoms with van der Waals surface area (Å²) in [6, 6.07) is 7.88. The molecule has 2 heterocycles. The van der Waals surface area contributed by atoms with Gasteiger partial charge in [0.25, 0.3) is 5.91 Å². The highest BCUT2D eigenvalue weighted by atomic mass is 16.5. The molecule has 0 saturated carbocycles. The number of nitrogens with one attached hydrogen (secondary N) is 1. The van der Waals surface area contributed by atoms with Crippen molar-refractivity contribution in [3.8, 4) is 5.75 Å². The van der Waals surface area contributed by atoms with E-state index in [1.807, 2.05) is 31.2 Å². The number of amides is 1. The van der Waals surface area contributed by atoms with Crippen LogP contribution in [0.3, 0.4) is 0 Å². The van der Waals surface area contributed by atoms with Crippen molar-refractivity contribution in [2.24, 2.45) is 0 Å². The van der Waals surface area contributed by atoms with E-state index in [4.69, 9.17) is 9.15 Å². The van der Waals surface area contributed by atoms with Gasteiger partial charge in [0.15, 0.2) is 5.89 Å². The number of rotatable bonds is 3. The van der Waals surface area contributed by atoms with Crippen molar-refractivity contribution in [3.63, 3.8) is 0 Å². The van der Waals surface area contributed by atoms with E-state index in [9.17, 15) is 4.79 Å². The molecule has 0 spiro atoms. The maximum atomic E-state index is 12.3. The van der Waals surface area contributed by atoms with E-state index in [0.717, 1.165) is 11.3 Å². The van der Waals surface area contributed by atoms with E-state index >= 15 is 0 Å². The minimum atomic E-state index is -0.231. The van der Waals surface area contributed by atoms with Crippen molar-refractivity contribution in [1.29, 1.82) is 0 Å². The lowest BCUT2D eigenvalue weighted by atomic mass is 9.94. The number of aryl methyl sites for hydroxylation is 2. The molecule has 0 saturated heterocycles. The van der Waals surface area contributed by atoms with Crippen LogP contribution in [0.15, 0.2) is 28.7 Å². The van der Waals surface area contributed by atoms with Gasteiger partial charge in [0.2, 0.25) is 5.76 Å². The Morgan fingerprint density at radius 1 is 1.38 bits per heavy atom. The Balaban J connectivity index is 1.74. The van der Waals surface area contributed by atoms with Crippen LogP contribution >= 0.6 is 0 Å². The smallest absolute Gasteiger partial charge is 0.289 e. The zero-order valence-corrected chi connectivity index (χ0v) is 12.3. The third kappa shape index (κ3) is 2.51. The quantitative estimate of drug-likeness (QED) is 0.942. The number of aromatic nitrogens is 1. The molecule has 0 bridgehead atoms. The molecule has 0 radical (unpaired) electrons. The van der Waals surface area contributed by atoms with Gasteiger partial charge in [0.1, 0.15) is 5.75 Å². The van der Waals surface area contributed by atoms with Gasteiger partial charge in [-0.3, -0.25) is 4.79 Å². The van der Waals surface area contributed by atoms with Crippen LogP contribution in [-0.2, 0) is 0 Å². The Morgan fingerprint density at radius 2 is 2.14 bits per heavy atom. The van der Waals surface area contributed by atoms with Gasteiger partial charge in [0.05, 0.1) is 12.3 Å². The summed E-state index contributed by atoms with van der Waals surface area (Å²) in [5, 5.41) is 2.98. The molecule has 5 nitrogen and oxygen atoms in total. The predicted octanol–water partition coefficient (Wildman–Crippen LogP) is 2.59. The second kappa shape index (κ2) is 5.24. The number of nitrogens with zero attached hydrogens (tertiary/aromatic N) is 1. The molecule has 1 aromatic heterocycles. The highest BCUT2D eigenvalue weighted by molar-refractivity contribution is 5.92. The molecule has 3 rings (SSSR count). The highest BCUT2D eigenvalue weighted by Crippen LogP contribution is 2.35. The number of hydrogen-bond donors (Lipinski definition) is 1. The van der Waals surface area contributed by atoms with Crippen molar-refractivity contribution in [1.82, 2.24) is 10.3 Å². The second-order valence-electron chi connectivity index (χ2n) is 5.36. The van der Waals surface area contributed by atoms with E-state index < -0.39 is 0 Å². The predicted molar refractivity (Wildman–Crippen MR) is 77.6 cm³/mol. The van der Waals surface area contributed by atoms with Gasteiger partial charge in [-0.1, -0.05) is 18.2 Å². The normalized spacial score (nSPS) is 18.0. The summed E-state index contributed by atoms with van der Waals surface area (Å²) < 4.78 is 11.0. The van der Waals surface area contributed by atoms with Crippen molar-refractivity contribution >= 4 is 5.91 Å². The lowest BCUT2D eigenvalue weighted by Gasteiger charge is -2.19. The van der Waals surface area contributed by atoms with Crippen molar-refractivity contribution < 1.29 is 13.9 Å². The Bertz CT molecular complexity index is 678. The van der Waals surface area contributed by atoms with Gasteiger partial charge in [-0.15, -0.1) is 0 Å². The number of carbonyl (C=O) groups is 1. The molecule has 1 N–H and O–H groups in total. The number of ether oxygens (including phenoxy) is 1. The summed E-state index contributed by atoms with van der Waals surface area (Å²) in [4.78, 5) is 16.4.